The van der Waals surface area contributed by atoms with Gasteiger partial charge in [0.2, 0.25) is 11.8 Å². The van der Waals surface area contributed by atoms with Gasteiger partial charge in [-0.25, -0.2) is 0 Å². The summed E-state index contributed by atoms with van der Waals surface area (Å²) in [5.41, 5.74) is 1.37. The molecule has 4 nitrogen and oxygen atoms in total. The summed E-state index contributed by atoms with van der Waals surface area (Å²) in [5.74, 6) is -0.245. The van der Waals surface area contributed by atoms with Gasteiger partial charge in [0.15, 0.2) is 0 Å². The van der Waals surface area contributed by atoms with Gasteiger partial charge in [-0.05, 0) is 44.4 Å². The zero-order valence-electron chi connectivity index (χ0n) is 17.0. The second-order valence-corrected chi connectivity index (χ2v) is 8.35. The van der Waals surface area contributed by atoms with Gasteiger partial charge in [-0.15, -0.1) is 0 Å². The molecule has 0 saturated heterocycles. The Morgan fingerprint density at radius 2 is 1.64 bits per heavy atom. The minimum Gasteiger partial charge on any atom is -0.350 e. The Hall–Kier alpha value is -2.33. The van der Waals surface area contributed by atoms with Crippen LogP contribution in [0.3, 0.4) is 0 Å². The summed E-state index contributed by atoms with van der Waals surface area (Å²) in [6.45, 7) is 8.01. The molecule has 2 amide bonds. The van der Waals surface area contributed by atoms with Crippen molar-refractivity contribution in [2.24, 2.45) is 0 Å². The van der Waals surface area contributed by atoms with Gasteiger partial charge in [-0.2, -0.15) is 0 Å². The molecule has 0 heterocycles. The van der Waals surface area contributed by atoms with Gasteiger partial charge in [0, 0.05) is 17.1 Å². The quantitative estimate of drug-likeness (QED) is 0.738. The SMILES string of the molecule is CCC(C(=O)NC(C)(C)C)N(Cc1ccccc1Cl)C(=O)Cc1ccccc1. The molecule has 0 radical (unpaired) electrons. The van der Waals surface area contributed by atoms with E-state index in [0.29, 0.717) is 18.0 Å². The minimum absolute atomic E-state index is 0.0953. The van der Waals surface area contributed by atoms with E-state index in [0.717, 1.165) is 11.1 Å². The lowest BCUT2D eigenvalue weighted by molar-refractivity contribution is -0.141. The van der Waals surface area contributed by atoms with Crippen LogP contribution < -0.4 is 5.32 Å². The van der Waals surface area contributed by atoms with Gasteiger partial charge in [0.25, 0.3) is 0 Å². The number of halogens is 1. The summed E-state index contributed by atoms with van der Waals surface area (Å²) in [6, 6.07) is 16.4. The molecule has 1 N–H and O–H groups in total. The second kappa shape index (κ2) is 9.74. The Kier molecular flexibility index (Phi) is 7.64. The molecule has 0 bridgehead atoms. The number of amides is 2. The first-order valence-corrected chi connectivity index (χ1v) is 9.98. The average Bonchev–Trinajstić information content (AvgIpc) is 2.62. The van der Waals surface area contributed by atoms with E-state index in [-0.39, 0.29) is 23.8 Å². The minimum atomic E-state index is -0.563. The fourth-order valence-electron chi connectivity index (χ4n) is 3.05. The van der Waals surface area contributed by atoms with Crippen molar-refractivity contribution in [1.82, 2.24) is 10.2 Å². The van der Waals surface area contributed by atoms with Crippen molar-refractivity contribution in [3.8, 4) is 0 Å². The highest BCUT2D eigenvalue weighted by molar-refractivity contribution is 6.31. The van der Waals surface area contributed by atoms with E-state index in [1.807, 2.05) is 76.2 Å². The second-order valence-electron chi connectivity index (χ2n) is 7.94. The van der Waals surface area contributed by atoms with Crippen LogP contribution in [0.15, 0.2) is 54.6 Å². The number of rotatable bonds is 7. The van der Waals surface area contributed by atoms with E-state index >= 15 is 0 Å². The third-order valence-electron chi connectivity index (χ3n) is 4.38. The molecule has 1 unspecified atom stereocenters. The van der Waals surface area contributed by atoms with E-state index in [2.05, 4.69) is 5.32 Å². The molecule has 0 aliphatic rings. The highest BCUT2D eigenvalue weighted by atomic mass is 35.5. The summed E-state index contributed by atoms with van der Waals surface area (Å²) in [6.07, 6.45) is 0.761. The van der Waals surface area contributed by atoms with Crippen molar-refractivity contribution in [1.29, 1.82) is 0 Å². The lowest BCUT2D eigenvalue weighted by atomic mass is 10.0. The molecule has 0 spiro atoms. The maximum absolute atomic E-state index is 13.2. The monoisotopic (exact) mass is 400 g/mol. The van der Waals surface area contributed by atoms with E-state index in [4.69, 9.17) is 11.6 Å². The summed E-state index contributed by atoms with van der Waals surface area (Å²) in [5, 5.41) is 3.59. The van der Waals surface area contributed by atoms with Crippen LogP contribution >= 0.6 is 11.6 Å². The molecule has 1 atom stereocenters. The van der Waals surface area contributed by atoms with Gasteiger partial charge in [0.05, 0.1) is 6.42 Å². The molecule has 5 heteroatoms. The molecule has 2 aromatic rings. The highest BCUT2D eigenvalue weighted by Gasteiger charge is 2.30. The van der Waals surface area contributed by atoms with Crippen molar-refractivity contribution >= 4 is 23.4 Å². The normalized spacial score (nSPS) is 12.3. The van der Waals surface area contributed by atoms with Gasteiger partial charge >= 0.3 is 0 Å². The van der Waals surface area contributed by atoms with Crippen LogP contribution in [0.5, 0.6) is 0 Å². The Labute approximate surface area is 172 Å². The lowest BCUT2D eigenvalue weighted by Crippen LogP contribution is -2.53. The smallest absolute Gasteiger partial charge is 0.243 e. The van der Waals surface area contributed by atoms with Gasteiger partial charge < -0.3 is 10.2 Å². The molecule has 2 rings (SSSR count). The van der Waals surface area contributed by atoms with Crippen molar-refractivity contribution in [3.05, 3.63) is 70.7 Å². The third-order valence-corrected chi connectivity index (χ3v) is 4.75. The fourth-order valence-corrected chi connectivity index (χ4v) is 3.25. The Morgan fingerprint density at radius 3 is 2.21 bits per heavy atom. The molecule has 2 aromatic carbocycles. The van der Waals surface area contributed by atoms with Crippen LogP contribution in [0, 0.1) is 0 Å². The largest absolute Gasteiger partial charge is 0.350 e. The first-order valence-electron chi connectivity index (χ1n) is 9.60. The maximum Gasteiger partial charge on any atom is 0.243 e. The van der Waals surface area contributed by atoms with Crippen LogP contribution in [0.4, 0.5) is 0 Å². The maximum atomic E-state index is 13.2. The van der Waals surface area contributed by atoms with E-state index in [1.54, 1.807) is 11.0 Å². The average molecular weight is 401 g/mol. The number of nitrogens with zero attached hydrogens (tertiary/aromatic N) is 1. The van der Waals surface area contributed by atoms with Crippen LogP contribution in [0.25, 0.3) is 0 Å². The number of benzene rings is 2. The molecule has 150 valence electrons. The molecular weight excluding hydrogens is 372 g/mol. The first-order chi connectivity index (χ1) is 13.2. The van der Waals surface area contributed by atoms with E-state index in [9.17, 15) is 9.59 Å². The number of hydrogen-bond donors (Lipinski definition) is 1. The molecule has 0 aliphatic carbocycles. The van der Waals surface area contributed by atoms with Crippen LogP contribution in [-0.2, 0) is 22.6 Å². The number of carbonyl (C=O) groups is 2. The summed E-state index contributed by atoms with van der Waals surface area (Å²) in [4.78, 5) is 27.8. The molecular formula is C23H29ClN2O2. The zero-order chi connectivity index (χ0) is 20.7. The Bertz CT molecular complexity index is 800. The highest BCUT2D eigenvalue weighted by Crippen LogP contribution is 2.21. The summed E-state index contributed by atoms with van der Waals surface area (Å²) < 4.78 is 0. The molecule has 0 aliphatic heterocycles. The van der Waals surface area contributed by atoms with E-state index in [1.165, 1.54) is 0 Å². The van der Waals surface area contributed by atoms with Crippen molar-refractivity contribution < 1.29 is 9.59 Å². The van der Waals surface area contributed by atoms with Crippen molar-refractivity contribution in [2.45, 2.75) is 58.7 Å². The number of carbonyl (C=O) groups excluding carboxylic acids is 2. The number of nitrogens with one attached hydrogen (secondary N) is 1. The summed E-state index contributed by atoms with van der Waals surface area (Å²) >= 11 is 6.33. The molecule has 28 heavy (non-hydrogen) atoms. The molecule has 0 fully saturated rings. The van der Waals surface area contributed by atoms with Crippen LogP contribution in [-0.4, -0.2) is 28.3 Å². The Balaban J connectivity index is 2.32. The topological polar surface area (TPSA) is 49.4 Å². The first kappa shape index (κ1) is 22.0. The summed E-state index contributed by atoms with van der Waals surface area (Å²) in [7, 11) is 0. The zero-order valence-corrected chi connectivity index (χ0v) is 17.8. The van der Waals surface area contributed by atoms with Gasteiger partial charge in [-0.1, -0.05) is 67.1 Å². The predicted octanol–water partition coefficient (Wildman–Crippen LogP) is 4.60. The van der Waals surface area contributed by atoms with E-state index < -0.39 is 6.04 Å². The van der Waals surface area contributed by atoms with Crippen molar-refractivity contribution in [2.75, 3.05) is 0 Å². The number of hydrogen-bond acceptors (Lipinski definition) is 2. The standard InChI is InChI=1S/C23H29ClN2O2/c1-5-20(22(28)25-23(2,3)4)26(16-18-13-9-10-14-19(18)24)21(27)15-17-11-7-6-8-12-17/h6-14,20H,5,15-16H2,1-4H3,(H,25,28). The Morgan fingerprint density at radius 1 is 1.04 bits per heavy atom. The van der Waals surface area contributed by atoms with Crippen LogP contribution in [0.2, 0.25) is 5.02 Å². The van der Waals surface area contributed by atoms with Crippen molar-refractivity contribution in [3.63, 3.8) is 0 Å². The van der Waals surface area contributed by atoms with Crippen LogP contribution in [0.1, 0.15) is 45.2 Å². The molecule has 0 aromatic heterocycles. The van der Waals surface area contributed by atoms with Gasteiger partial charge in [-0.3, -0.25) is 9.59 Å². The molecule has 0 saturated carbocycles. The lowest BCUT2D eigenvalue weighted by Gasteiger charge is -2.33. The third kappa shape index (κ3) is 6.38. The predicted molar refractivity (Wildman–Crippen MR) is 114 cm³/mol. The fraction of sp³-hybridized carbons (Fsp3) is 0.391. The van der Waals surface area contributed by atoms with Gasteiger partial charge in [0.1, 0.15) is 6.04 Å².